The average Bonchev–Trinajstić information content (AvgIpc) is 2.63. The van der Waals surface area contributed by atoms with Gasteiger partial charge in [0.1, 0.15) is 10.4 Å². The van der Waals surface area contributed by atoms with Crippen molar-refractivity contribution < 1.29 is 0 Å². The number of hydrogen-bond donors (Lipinski definition) is 1. The monoisotopic (exact) mass is 311 g/mol. The summed E-state index contributed by atoms with van der Waals surface area (Å²) in [4.78, 5) is 6.53. The summed E-state index contributed by atoms with van der Waals surface area (Å²) in [5.74, 6) is 0.900. The highest BCUT2D eigenvalue weighted by Crippen LogP contribution is 2.23. The van der Waals surface area contributed by atoms with Gasteiger partial charge in [-0.2, -0.15) is 0 Å². The molecule has 0 bridgehead atoms. The Bertz CT molecular complexity index is 570. The van der Waals surface area contributed by atoms with Crippen LogP contribution in [0.4, 0.5) is 5.82 Å². The van der Waals surface area contributed by atoms with Crippen LogP contribution in [0, 0.1) is 0 Å². The zero-order chi connectivity index (χ0) is 13.5. The van der Waals surface area contributed by atoms with Crippen molar-refractivity contribution >= 4 is 27.4 Å². The Morgan fingerprint density at radius 3 is 2.61 bits per heavy atom. The van der Waals surface area contributed by atoms with Crippen LogP contribution in [0.15, 0.2) is 16.7 Å². The molecule has 98 valence electrons. The van der Waals surface area contributed by atoms with Crippen molar-refractivity contribution in [2.75, 3.05) is 11.9 Å². The van der Waals surface area contributed by atoms with Crippen molar-refractivity contribution in [3.8, 4) is 0 Å². The molecule has 18 heavy (non-hydrogen) atoms. The summed E-state index contributed by atoms with van der Waals surface area (Å²) in [6, 6.07) is 3.93. The summed E-state index contributed by atoms with van der Waals surface area (Å²) in [6.45, 7) is 6.84. The lowest BCUT2D eigenvalue weighted by atomic mass is 10.1. The highest BCUT2D eigenvalue weighted by Gasteiger charge is 2.19. The molecule has 0 fully saturated rings. The molecule has 0 aliphatic rings. The SMILES string of the molecule is CN(c1ccc2nc(CN)c(Br)n2n1)C(C)(C)C. The number of imidazole rings is 1. The maximum atomic E-state index is 5.64. The van der Waals surface area contributed by atoms with Crippen LogP contribution < -0.4 is 10.6 Å². The molecule has 0 spiro atoms. The minimum absolute atomic E-state index is 0.0183. The van der Waals surface area contributed by atoms with E-state index >= 15 is 0 Å². The van der Waals surface area contributed by atoms with E-state index < -0.39 is 0 Å². The molecule has 0 atom stereocenters. The second-order valence-electron chi connectivity index (χ2n) is 5.24. The molecule has 0 amide bonds. The van der Waals surface area contributed by atoms with Crippen molar-refractivity contribution in [1.29, 1.82) is 0 Å². The third kappa shape index (κ3) is 2.22. The predicted molar refractivity (Wildman–Crippen MR) is 76.7 cm³/mol. The molecule has 2 aromatic heterocycles. The van der Waals surface area contributed by atoms with Crippen LogP contribution in [0.25, 0.3) is 5.65 Å². The van der Waals surface area contributed by atoms with Crippen LogP contribution >= 0.6 is 15.9 Å². The lowest BCUT2D eigenvalue weighted by molar-refractivity contribution is 0.530. The molecular formula is C12H18BrN5. The fraction of sp³-hybridized carbons (Fsp3) is 0.500. The van der Waals surface area contributed by atoms with Gasteiger partial charge in [-0.25, -0.2) is 9.50 Å². The average molecular weight is 312 g/mol. The molecule has 0 unspecified atom stereocenters. The van der Waals surface area contributed by atoms with E-state index in [-0.39, 0.29) is 5.54 Å². The van der Waals surface area contributed by atoms with Crippen LogP contribution in [0.3, 0.4) is 0 Å². The van der Waals surface area contributed by atoms with Crippen LogP contribution in [0.5, 0.6) is 0 Å². The number of nitrogens with zero attached hydrogens (tertiary/aromatic N) is 4. The molecule has 0 radical (unpaired) electrons. The highest BCUT2D eigenvalue weighted by molar-refractivity contribution is 9.10. The minimum atomic E-state index is 0.0183. The van der Waals surface area contributed by atoms with E-state index in [1.54, 1.807) is 4.52 Å². The fourth-order valence-electron chi connectivity index (χ4n) is 1.59. The van der Waals surface area contributed by atoms with Crippen molar-refractivity contribution in [3.05, 3.63) is 22.4 Å². The number of hydrogen-bond acceptors (Lipinski definition) is 4. The first-order chi connectivity index (χ1) is 8.34. The predicted octanol–water partition coefficient (Wildman–Crippen LogP) is 2.19. The molecule has 5 nitrogen and oxygen atoms in total. The first-order valence-electron chi connectivity index (χ1n) is 5.82. The third-order valence-corrected chi connectivity index (χ3v) is 3.81. The Morgan fingerprint density at radius 2 is 2.06 bits per heavy atom. The molecule has 6 heteroatoms. The van der Waals surface area contributed by atoms with Gasteiger partial charge in [-0.1, -0.05) is 0 Å². The summed E-state index contributed by atoms with van der Waals surface area (Å²) in [6.07, 6.45) is 0. The molecule has 2 aromatic rings. The quantitative estimate of drug-likeness (QED) is 0.923. The summed E-state index contributed by atoms with van der Waals surface area (Å²) in [5, 5.41) is 4.59. The van der Waals surface area contributed by atoms with Gasteiger partial charge in [0.05, 0.1) is 5.69 Å². The van der Waals surface area contributed by atoms with E-state index in [1.807, 2.05) is 19.2 Å². The Balaban J connectivity index is 2.53. The third-order valence-electron chi connectivity index (χ3n) is 3.02. The first-order valence-corrected chi connectivity index (χ1v) is 6.62. The molecule has 0 saturated heterocycles. The number of halogens is 1. The Labute approximate surface area is 115 Å². The van der Waals surface area contributed by atoms with E-state index in [2.05, 4.69) is 51.7 Å². The topological polar surface area (TPSA) is 59.5 Å². The number of aromatic nitrogens is 3. The van der Waals surface area contributed by atoms with E-state index in [9.17, 15) is 0 Å². The van der Waals surface area contributed by atoms with Crippen molar-refractivity contribution in [2.45, 2.75) is 32.9 Å². The Kier molecular flexibility index (Phi) is 3.33. The van der Waals surface area contributed by atoms with Gasteiger partial charge in [0.15, 0.2) is 5.65 Å². The van der Waals surface area contributed by atoms with Gasteiger partial charge in [-0.05, 0) is 48.8 Å². The minimum Gasteiger partial charge on any atom is -0.353 e. The van der Waals surface area contributed by atoms with E-state index in [1.165, 1.54) is 0 Å². The second kappa shape index (κ2) is 4.51. The number of fused-ring (bicyclic) bond motifs is 1. The molecule has 2 heterocycles. The van der Waals surface area contributed by atoms with Gasteiger partial charge in [0.25, 0.3) is 0 Å². The summed E-state index contributed by atoms with van der Waals surface area (Å²) in [5.41, 5.74) is 7.27. The Hall–Kier alpha value is -1.14. The number of nitrogens with two attached hydrogens (primary N) is 1. The zero-order valence-corrected chi connectivity index (χ0v) is 12.7. The first kappa shape index (κ1) is 13.3. The van der Waals surface area contributed by atoms with E-state index in [0.29, 0.717) is 6.54 Å². The van der Waals surface area contributed by atoms with E-state index in [4.69, 9.17) is 5.73 Å². The van der Waals surface area contributed by atoms with Crippen LogP contribution in [0.1, 0.15) is 26.5 Å². The number of rotatable bonds is 2. The van der Waals surface area contributed by atoms with Crippen LogP contribution in [-0.2, 0) is 6.54 Å². The number of anilines is 1. The van der Waals surface area contributed by atoms with Crippen LogP contribution in [0.2, 0.25) is 0 Å². The van der Waals surface area contributed by atoms with Gasteiger partial charge >= 0.3 is 0 Å². The highest BCUT2D eigenvalue weighted by atomic mass is 79.9. The standard InChI is InChI=1S/C12H18BrN5/c1-12(2,3)17(4)10-6-5-9-15-8(7-14)11(13)18(9)16-10/h5-6H,7,14H2,1-4H3. The molecule has 0 aromatic carbocycles. The van der Waals surface area contributed by atoms with Gasteiger partial charge in [0.2, 0.25) is 0 Å². The smallest absolute Gasteiger partial charge is 0.155 e. The molecule has 2 rings (SSSR count). The molecule has 0 aliphatic heterocycles. The summed E-state index contributed by atoms with van der Waals surface area (Å²) < 4.78 is 2.60. The van der Waals surface area contributed by atoms with Crippen molar-refractivity contribution in [2.24, 2.45) is 5.73 Å². The van der Waals surface area contributed by atoms with Gasteiger partial charge < -0.3 is 10.6 Å². The van der Waals surface area contributed by atoms with Crippen LogP contribution in [-0.4, -0.2) is 27.2 Å². The molecule has 2 N–H and O–H groups in total. The molecule has 0 saturated carbocycles. The molecular weight excluding hydrogens is 294 g/mol. The van der Waals surface area contributed by atoms with Gasteiger partial charge in [0, 0.05) is 19.1 Å². The summed E-state index contributed by atoms with van der Waals surface area (Å²) >= 11 is 3.49. The lowest BCUT2D eigenvalue weighted by Crippen LogP contribution is -2.38. The van der Waals surface area contributed by atoms with E-state index in [0.717, 1.165) is 21.8 Å². The second-order valence-corrected chi connectivity index (χ2v) is 6.00. The van der Waals surface area contributed by atoms with Crippen molar-refractivity contribution in [1.82, 2.24) is 14.6 Å². The zero-order valence-electron chi connectivity index (χ0n) is 11.1. The van der Waals surface area contributed by atoms with Gasteiger partial charge in [-0.3, -0.25) is 0 Å². The molecule has 0 aliphatic carbocycles. The van der Waals surface area contributed by atoms with Crippen molar-refractivity contribution in [3.63, 3.8) is 0 Å². The van der Waals surface area contributed by atoms with Gasteiger partial charge in [-0.15, -0.1) is 5.10 Å². The Morgan fingerprint density at radius 1 is 1.39 bits per heavy atom. The normalized spacial score (nSPS) is 12.1. The fourth-order valence-corrected chi connectivity index (χ4v) is 2.11. The summed E-state index contributed by atoms with van der Waals surface area (Å²) in [7, 11) is 2.03. The maximum Gasteiger partial charge on any atom is 0.155 e. The lowest BCUT2D eigenvalue weighted by Gasteiger charge is -2.32. The largest absolute Gasteiger partial charge is 0.353 e. The maximum absolute atomic E-state index is 5.64.